The predicted molar refractivity (Wildman–Crippen MR) is 63.8 cm³/mol. The maximum Gasteiger partial charge on any atom is 0.0104 e. The minimum absolute atomic E-state index is 0.766. The maximum absolute atomic E-state index is 3.44. The van der Waals surface area contributed by atoms with E-state index in [0.29, 0.717) is 0 Å². The number of hydrogen-bond acceptors (Lipinski definition) is 3. The standard InChI is InChI=1S/C11H27N3/c1-11(2)10-14(5)9-7-12-6-8-13(3)4/h11-12H,6-10H2,1-5H3. The molecule has 0 amide bonds. The average Bonchev–Trinajstić information content (AvgIpc) is 2.01. The van der Waals surface area contributed by atoms with Crippen LogP contribution in [0.15, 0.2) is 0 Å². The van der Waals surface area contributed by atoms with Crippen LogP contribution in [-0.2, 0) is 0 Å². The molecule has 0 aromatic rings. The van der Waals surface area contributed by atoms with Crippen molar-refractivity contribution in [3.8, 4) is 0 Å². The summed E-state index contributed by atoms with van der Waals surface area (Å²) < 4.78 is 0. The van der Waals surface area contributed by atoms with Crippen LogP contribution in [0, 0.1) is 5.92 Å². The molecule has 0 bridgehead atoms. The topological polar surface area (TPSA) is 18.5 Å². The van der Waals surface area contributed by atoms with Gasteiger partial charge in [-0.3, -0.25) is 0 Å². The van der Waals surface area contributed by atoms with Crippen molar-refractivity contribution in [1.29, 1.82) is 0 Å². The van der Waals surface area contributed by atoms with Crippen molar-refractivity contribution in [3.63, 3.8) is 0 Å². The Morgan fingerprint density at radius 3 is 2.07 bits per heavy atom. The number of likely N-dealkylation sites (N-methyl/N-ethyl adjacent to an activating group) is 2. The van der Waals surface area contributed by atoms with Gasteiger partial charge in [-0.05, 0) is 27.1 Å². The van der Waals surface area contributed by atoms with Crippen molar-refractivity contribution in [3.05, 3.63) is 0 Å². The summed E-state index contributed by atoms with van der Waals surface area (Å²) in [4.78, 5) is 4.58. The monoisotopic (exact) mass is 201 g/mol. The molecule has 0 aliphatic heterocycles. The first-order valence-electron chi connectivity index (χ1n) is 5.56. The molecule has 0 atom stereocenters. The van der Waals surface area contributed by atoms with Crippen molar-refractivity contribution in [2.24, 2.45) is 5.92 Å². The van der Waals surface area contributed by atoms with Gasteiger partial charge in [-0.2, -0.15) is 0 Å². The van der Waals surface area contributed by atoms with Gasteiger partial charge in [0.25, 0.3) is 0 Å². The molecule has 0 saturated heterocycles. The smallest absolute Gasteiger partial charge is 0.0104 e. The van der Waals surface area contributed by atoms with Gasteiger partial charge in [0.2, 0.25) is 0 Å². The van der Waals surface area contributed by atoms with Gasteiger partial charge in [-0.1, -0.05) is 13.8 Å². The zero-order valence-corrected chi connectivity index (χ0v) is 10.5. The largest absolute Gasteiger partial charge is 0.314 e. The Balaban J connectivity index is 3.19. The van der Waals surface area contributed by atoms with E-state index in [1.165, 1.54) is 6.54 Å². The molecule has 0 aliphatic rings. The summed E-state index contributed by atoms with van der Waals surface area (Å²) in [6.45, 7) is 10.2. The van der Waals surface area contributed by atoms with Crippen molar-refractivity contribution < 1.29 is 0 Å². The second-order valence-corrected chi connectivity index (χ2v) is 4.71. The zero-order chi connectivity index (χ0) is 11.0. The Morgan fingerprint density at radius 2 is 1.57 bits per heavy atom. The molecule has 0 unspecified atom stereocenters. The summed E-state index contributed by atoms with van der Waals surface area (Å²) in [7, 11) is 6.40. The molecule has 0 saturated carbocycles. The normalized spacial score (nSPS) is 12.0. The molecular formula is C11H27N3. The minimum atomic E-state index is 0.766. The molecule has 14 heavy (non-hydrogen) atoms. The Morgan fingerprint density at radius 1 is 1.00 bits per heavy atom. The summed E-state index contributed by atoms with van der Waals surface area (Å²) in [6, 6.07) is 0. The SMILES string of the molecule is CC(C)CN(C)CCNCCN(C)C. The van der Waals surface area contributed by atoms with Crippen LogP contribution < -0.4 is 5.32 Å². The summed E-state index contributed by atoms with van der Waals surface area (Å²) in [5.74, 6) is 0.766. The summed E-state index contributed by atoms with van der Waals surface area (Å²) in [6.07, 6.45) is 0. The molecule has 3 heteroatoms. The van der Waals surface area contributed by atoms with Gasteiger partial charge in [-0.15, -0.1) is 0 Å². The first kappa shape index (κ1) is 13.9. The minimum Gasteiger partial charge on any atom is -0.314 e. The first-order chi connectivity index (χ1) is 6.52. The van der Waals surface area contributed by atoms with Crippen LogP contribution in [0.3, 0.4) is 0 Å². The highest BCUT2D eigenvalue weighted by Crippen LogP contribution is 1.93. The van der Waals surface area contributed by atoms with E-state index in [0.717, 1.165) is 32.1 Å². The van der Waals surface area contributed by atoms with E-state index >= 15 is 0 Å². The van der Waals surface area contributed by atoms with Gasteiger partial charge in [0, 0.05) is 32.7 Å². The van der Waals surface area contributed by atoms with Crippen LogP contribution in [-0.4, -0.2) is 63.7 Å². The maximum atomic E-state index is 3.44. The van der Waals surface area contributed by atoms with E-state index in [4.69, 9.17) is 0 Å². The molecule has 0 aliphatic carbocycles. The van der Waals surface area contributed by atoms with Gasteiger partial charge >= 0.3 is 0 Å². The quantitative estimate of drug-likeness (QED) is 0.584. The van der Waals surface area contributed by atoms with Gasteiger partial charge in [-0.25, -0.2) is 0 Å². The van der Waals surface area contributed by atoms with Crippen LogP contribution in [0.1, 0.15) is 13.8 Å². The van der Waals surface area contributed by atoms with Crippen LogP contribution in [0.4, 0.5) is 0 Å². The summed E-state index contributed by atoms with van der Waals surface area (Å²) >= 11 is 0. The van der Waals surface area contributed by atoms with E-state index < -0.39 is 0 Å². The van der Waals surface area contributed by atoms with E-state index in [-0.39, 0.29) is 0 Å². The third-order valence-electron chi connectivity index (χ3n) is 2.08. The number of rotatable bonds is 8. The van der Waals surface area contributed by atoms with Crippen LogP contribution >= 0.6 is 0 Å². The lowest BCUT2D eigenvalue weighted by Crippen LogP contribution is -2.34. The van der Waals surface area contributed by atoms with Gasteiger partial charge in [0.15, 0.2) is 0 Å². The highest BCUT2D eigenvalue weighted by Gasteiger charge is 2.00. The van der Waals surface area contributed by atoms with Gasteiger partial charge in [0.1, 0.15) is 0 Å². The molecule has 0 rings (SSSR count). The highest BCUT2D eigenvalue weighted by molar-refractivity contribution is 4.57. The summed E-state index contributed by atoms with van der Waals surface area (Å²) in [5.41, 5.74) is 0. The second kappa shape index (κ2) is 8.21. The lowest BCUT2D eigenvalue weighted by atomic mass is 10.2. The predicted octanol–water partition coefficient (Wildman–Crippen LogP) is 0.725. The van der Waals surface area contributed by atoms with Gasteiger partial charge in [0.05, 0.1) is 0 Å². The fraction of sp³-hybridized carbons (Fsp3) is 1.00. The third kappa shape index (κ3) is 9.96. The molecule has 0 heterocycles. The van der Waals surface area contributed by atoms with E-state index in [1.54, 1.807) is 0 Å². The fourth-order valence-corrected chi connectivity index (χ4v) is 1.41. The zero-order valence-electron chi connectivity index (χ0n) is 10.5. The molecule has 0 radical (unpaired) electrons. The van der Waals surface area contributed by atoms with E-state index in [1.807, 2.05) is 0 Å². The highest BCUT2D eigenvalue weighted by atomic mass is 15.1. The first-order valence-corrected chi connectivity index (χ1v) is 5.56. The molecule has 0 spiro atoms. The molecule has 0 aromatic heterocycles. The van der Waals surface area contributed by atoms with Crippen molar-refractivity contribution in [1.82, 2.24) is 15.1 Å². The van der Waals surface area contributed by atoms with Crippen LogP contribution in [0.5, 0.6) is 0 Å². The van der Waals surface area contributed by atoms with Crippen LogP contribution in [0.2, 0.25) is 0 Å². The molecule has 0 fully saturated rings. The van der Waals surface area contributed by atoms with E-state index in [2.05, 4.69) is 50.1 Å². The lowest BCUT2D eigenvalue weighted by molar-refractivity contribution is 0.292. The Kier molecular flexibility index (Phi) is 8.14. The number of nitrogens with zero attached hydrogens (tertiary/aromatic N) is 2. The fourth-order valence-electron chi connectivity index (χ4n) is 1.41. The number of hydrogen-bond donors (Lipinski definition) is 1. The molecule has 1 N–H and O–H groups in total. The van der Waals surface area contributed by atoms with Crippen molar-refractivity contribution >= 4 is 0 Å². The van der Waals surface area contributed by atoms with Crippen molar-refractivity contribution in [2.75, 3.05) is 53.9 Å². The molecule has 86 valence electrons. The summed E-state index contributed by atoms with van der Waals surface area (Å²) in [5, 5.41) is 3.44. The molecular weight excluding hydrogens is 174 g/mol. The average molecular weight is 201 g/mol. The molecule has 0 aromatic carbocycles. The second-order valence-electron chi connectivity index (χ2n) is 4.71. The van der Waals surface area contributed by atoms with Crippen LogP contribution in [0.25, 0.3) is 0 Å². The Labute approximate surface area is 89.5 Å². The Bertz CT molecular complexity index is 124. The van der Waals surface area contributed by atoms with Gasteiger partial charge < -0.3 is 15.1 Å². The van der Waals surface area contributed by atoms with Crippen molar-refractivity contribution in [2.45, 2.75) is 13.8 Å². The third-order valence-corrected chi connectivity index (χ3v) is 2.08. The Hall–Kier alpha value is -0.120. The molecule has 3 nitrogen and oxygen atoms in total. The lowest BCUT2D eigenvalue weighted by Gasteiger charge is -2.19. The number of nitrogens with one attached hydrogen (secondary N) is 1. The van der Waals surface area contributed by atoms with E-state index in [9.17, 15) is 0 Å².